The molecule has 1 fully saturated rings. The third-order valence-corrected chi connectivity index (χ3v) is 3.71. The van der Waals surface area contributed by atoms with E-state index in [1.165, 1.54) is 0 Å². The number of hydrogen-bond donors (Lipinski definition) is 1. The Kier molecular flexibility index (Phi) is 4.04. The minimum absolute atomic E-state index is 0.0567. The van der Waals surface area contributed by atoms with Gasteiger partial charge in [-0.15, -0.1) is 0 Å². The highest BCUT2D eigenvalue weighted by Crippen LogP contribution is 2.24. The molecular weight excluding hydrogens is 240 g/mol. The highest BCUT2D eigenvalue weighted by Gasteiger charge is 2.32. The summed E-state index contributed by atoms with van der Waals surface area (Å²) in [6.07, 6.45) is 2.64. The fraction of sp³-hybridized carbons (Fsp3) is 0.571. The van der Waals surface area contributed by atoms with Crippen LogP contribution < -0.4 is 10.6 Å². The molecule has 2 heterocycles. The quantitative estimate of drug-likeness (QED) is 0.881. The van der Waals surface area contributed by atoms with Crippen LogP contribution in [-0.2, 0) is 0 Å². The van der Waals surface area contributed by atoms with Gasteiger partial charge in [0.05, 0.1) is 5.56 Å². The summed E-state index contributed by atoms with van der Waals surface area (Å²) in [4.78, 5) is 20.5. The number of rotatable bonds is 3. The van der Waals surface area contributed by atoms with E-state index in [1.807, 2.05) is 36.0 Å². The zero-order chi connectivity index (χ0) is 14.0. The smallest absolute Gasteiger partial charge is 0.255 e. The van der Waals surface area contributed by atoms with Gasteiger partial charge in [0, 0.05) is 32.9 Å². The van der Waals surface area contributed by atoms with E-state index in [-0.39, 0.29) is 11.9 Å². The van der Waals surface area contributed by atoms with Gasteiger partial charge < -0.3 is 15.5 Å². The first kappa shape index (κ1) is 13.8. The third kappa shape index (κ3) is 2.87. The summed E-state index contributed by atoms with van der Waals surface area (Å²) in [7, 11) is 3.86. The number of amides is 1. The summed E-state index contributed by atoms with van der Waals surface area (Å²) in [6.45, 7) is 3.48. The predicted octanol–water partition coefficient (Wildman–Crippen LogP) is 0.957. The van der Waals surface area contributed by atoms with Gasteiger partial charge in [0.15, 0.2) is 0 Å². The number of pyridine rings is 1. The van der Waals surface area contributed by atoms with Crippen LogP contribution in [0, 0.1) is 5.92 Å². The molecule has 2 unspecified atom stereocenters. The summed E-state index contributed by atoms with van der Waals surface area (Å²) < 4.78 is 0. The highest BCUT2D eigenvalue weighted by atomic mass is 16.2. The fourth-order valence-electron chi connectivity index (χ4n) is 2.54. The Hall–Kier alpha value is -1.62. The first-order valence-electron chi connectivity index (χ1n) is 6.67. The van der Waals surface area contributed by atoms with Gasteiger partial charge in [0.25, 0.3) is 5.91 Å². The lowest BCUT2D eigenvalue weighted by Gasteiger charge is -2.21. The number of carbonyl (C=O) groups is 1. The Morgan fingerprint density at radius 1 is 1.53 bits per heavy atom. The van der Waals surface area contributed by atoms with E-state index in [1.54, 1.807) is 6.20 Å². The van der Waals surface area contributed by atoms with Crippen molar-refractivity contribution in [1.82, 2.24) is 9.88 Å². The summed E-state index contributed by atoms with van der Waals surface area (Å²) in [6, 6.07) is 3.97. The fourth-order valence-corrected chi connectivity index (χ4v) is 2.54. The molecule has 2 rings (SSSR count). The average Bonchev–Trinajstić information content (AvgIpc) is 2.79. The molecule has 0 bridgehead atoms. The first-order valence-corrected chi connectivity index (χ1v) is 6.67. The number of nitrogens with zero attached hydrogens (tertiary/aromatic N) is 3. The predicted molar refractivity (Wildman–Crippen MR) is 76.2 cm³/mol. The molecule has 1 aromatic heterocycles. The van der Waals surface area contributed by atoms with Crippen molar-refractivity contribution in [3.8, 4) is 0 Å². The zero-order valence-electron chi connectivity index (χ0n) is 11.8. The van der Waals surface area contributed by atoms with E-state index >= 15 is 0 Å². The third-order valence-electron chi connectivity index (χ3n) is 3.71. The molecular formula is C14H22N4O. The molecule has 0 radical (unpaired) electrons. The maximum atomic E-state index is 12.4. The summed E-state index contributed by atoms with van der Waals surface area (Å²) >= 11 is 0. The highest BCUT2D eigenvalue weighted by molar-refractivity contribution is 5.94. The second-order valence-electron chi connectivity index (χ2n) is 5.44. The normalized spacial score (nSPS) is 22.6. The van der Waals surface area contributed by atoms with Crippen LogP contribution in [0.4, 0.5) is 5.82 Å². The Balaban J connectivity index is 2.11. The van der Waals surface area contributed by atoms with E-state index < -0.39 is 0 Å². The second kappa shape index (κ2) is 5.57. The number of carbonyl (C=O) groups excluding carboxylic acids is 1. The molecule has 5 nitrogen and oxygen atoms in total. The Labute approximate surface area is 114 Å². The molecule has 1 aromatic rings. The molecule has 0 aromatic carbocycles. The van der Waals surface area contributed by atoms with Gasteiger partial charge in [-0.25, -0.2) is 4.98 Å². The summed E-state index contributed by atoms with van der Waals surface area (Å²) in [5.74, 6) is 1.33. The first-order chi connectivity index (χ1) is 9.02. The average molecular weight is 262 g/mol. The van der Waals surface area contributed by atoms with Gasteiger partial charge in [-0.2, -0.15) is 0 Å². The molecule has 0 saturated carbocycles. The lowest BCUT2D eigenvalue weighted by atomic mass is 10.1. The van der Waals surface area contributed by atoms with Crippen molar-refractivity contribution >= 4 is 11.7 Å². The minimum Gasteiger partial charge on any atom is -0.363 e. The molecule has 1 saturated heterocycles. The molecule has 2 atom stereocenters. The van der Waals surface area contributed by atoms with Crippen molar-refractivity contribution in [3.05, 3.63) is 23.9 Å². The van der Waals surface area contributed by atoms with Crippen molar-refractivity contribution < 1.29 is 4.79 Å². The van der Waals surface area contributed by atoms with Crippen LogP contribution in [0.1, 0.15) is 23.7 Å². The van der Waals surface area contributed by atoms with Crippen LogP contribution >= 0.6 is 0 Å². The molecule has 2 N–H and O–H groups in total. The van der Waals surface area contributed by atoms with Crippen molar-refractivity contribution in [1.29, 1.82) is 0 Å². The lowest BCUT2D eigenvalue weighted by molar-refractivity contribution is 0.0743. The summed E-state index contributed by atoms with van der Waals surface area (Å²) in [5, 5.41) is 0. The Morgan fingerprint density at radius 2 is 2.26 bits per heavy atom. The zero-order valence-corrected chi connectivity index (χ0v) is 11.8. The number of hydrogen-bond acceptors (Lipinski definition) is 4. The number of nitrogens with two attached hydrogens (primary N) is 1. The molecule has 1 aliphatic heterocycles. The maximum Gasteiger partial charge on any atom is 0.255 e. The topological polar surface area (TPSA) is 62.5 Å². The molecule has 19 heavy (non-hydrogen) atoms. The van der Waals surface area contributed by atoms with Crippen LogP contribution in [0.25, 0.3) is 0 Å². The van der Waals surface area contributed by atoms with Crippen LogP contribution in [0.15, 0.2) is 18.3 Å². The molecule has 104 valence electrons. The number of aromatic nitrogens is 1. The van der Waals surface area contributed by atoms with E-state index in [0.717, 1.165) is 18.8 Å². The van der Waals surface area contributed by atoms with E-state index in [0.29, 0.717) is 18.0 Å². The minimum atomic E-state index is 0.0567. The van der Waals surface area contributed by atoms with Crippen LogP contribution in [0.3, 0.4) is 0 Å². The van der Waals surface area contributed by atoms with Gasteiger partial charge in [-0.05, 0) is 37.9 Å². The van der Waals surface area contributed by atoms with Gasteiger partial charge in [-0.3, -0.25) is 4.79 Å². The molecule has 1 amide bonds. The lowest BCUT2D eigenvalue weighted by Crippen LogP contribution is -2.34. The summed E-state index contributed by atoms with van der Waals surface area (Å²) in [5.41, 5.74) is 6.34. The number of anilines is 1. The largest absolute Gasteiger partial charge is 0.363 e. The van der Waals surface area contributed by atoms with Crippen LogP contribution in [0.5, 0.6) is 0 Å². The van der Waals surface area contributed by atoms with Gasteiger partial charge in [0.1, 0.15) is 5.82 Å². The van der Waals surface area contributed by atoms with Gasteiger partial charge in [0.2, 0.25) is 0 Å². The Bertz CT molecular complexity index is 443. The van der Waals surface area contributed by atoms with Gasteiger partial charge in [-0.1, -0.05) is 0 Å². The second-order valence-corrected chi connectivity index (χ2v) is 5.44. The van der Waals surface area contributed by atoms with Crippen molar-refractivity contribution in [3.63, 3.8) is 0 Å². The van der Waals surface area contributed by atoms with Crippen LogP contribution in [-0.4, -0.2) is 49.0 Å². The van der Waals surface area contributed by atoms with Crippen molar-refractivity contribution in [2.24, 2.45) is 11.7 Å². The standard InChI is InChI=1S/C14H22N4O/c1-10-6-11(7-15)9-18(10)14(19)12-4-5-13(16-8-12)17(2)3/h4-5,8,10-11H,6-7,9,15H2,1-3H3. The van der Waals surface area contributed by atoms with Crippen molar-refractivity contribution in [2.45, 2.75) is 19.4 Å². The Morgan fingerprint density at radius 3 is 2.74 bits per heavy atom. The molecule has 1 aliphatic rings. The molecule has 0 spiro atoms. The van der Waals surface area contributed by atoms with E-state index in [2.05, 4.69) is 11.9 Å². The number of likely N-dealkylation sites (tertiary alicyclic amines) is 1. The molecule has 0 aliphatic carbocycles. The van der Waals surface area contributed by atoms with E-state index in [4.69, 9.17) is 5.73 Å². The SMILES string of the molecule is CC1CC(CN)CN1C(=O)c1ccc(N(C)C)nc1. The monoisotopic (exact) mass is 262 g/mol. The molecule has 5 heteroatoms. The van der Waals surface area contributed by atoms with Crippen LogP contribution in [0.2, 0.25) is 0 Å². The van der Waals surface area contributed by atoms with Crippen molar-refractivity contribution in [2.75, 3.05) is 32.1 Å². The van der Waals surface area contributed by atoms with Gasteiger partial charge >= 0.3 is 0 Å². The maximum absolute atomic E-state index is 12.4. The van der Waals surface area contributed by atoms with E-state index in [9.17, 15) is 4.79 Å².